The van der Waals surface area contributed by atoms with Crippen LogP contribution in [0.15, 0.2) is 18.5 Å². The van der Waals surface area contributed by atoms with Crippen LogP contribution in [-0.4, -0.2) is 34.2 Å². The van der Waals surface area contributed by atoms with Crippen LogP contribution in [-0.2, 0) is 4.79 Å². The second-order valence-corrected chi connectivity index (χ2v) is 3.58. The summed E-state index contributed by atoms with van der Waals surface area (Å²) < 4.78 is 49.0. The predicted molar refractivity (Wildman–Crippen MR) is 53.8 cm³/mol. The molecular formula is C10H8F4N2O3. The third kappa shape index (κ3) is 4.90. The zero-order chi connectivity index (χ0) is 14.6. The molecule has 1 heterocycles. The van der Waals surface area contributed by atoms with E-state index in [1.54, 1.807) is 5.32 Å². The second-order valence-electron chi connectivity index (χ2n) is 3.58. The molecule has 0 aromatic carbocycles. The normalized spacial score (nSPS) is 12.8. The van der Waals surface area contributed by atoms with Gasteiger partial charge in [0.05, 0.1) is 18.2 Å². The van der Waals surface area contributed by atoms with Gasteiger partial charge in [0, 0.05) is 6.20 Å². The maximum absolute atomic E-state index is 12.8. The molecule has 1 rings (SSSR count). The summed E-state index contributed by atoms with van der Waals surface area (Å²) in [6.07, 6.45) is -4.78. The lowest BCUT2D eigenvalue weighted by atomic mass is 10.2. The van der Waals surface area contributed by atoms with Gasteiger partial charge < -0.3 is 10.4 Å². The molecule has 0 saturated carbocycles. The Morgan fingerprint density at radius 3 is 2.47 bits per heavy atom. The third-order valence-electron chi connectivity index (χ3n) is 2.01. The lowest BCUT2D eigenvalue weighted by Gasteiger charge is -2.16. The fourth-order valence-corrected chi connectivity index (χ4v) is 1.21. The Balaban J connectivity index is 2.80. The molecule has 19 heavy (non-hydrogen) atoms. The number of halogens is 4. The minimum atomic E-state index is -4.75. The van der Waals surface area contributed by atoms with Gasteiger partial charge in [0.25, 0.3) is 5.91 Å². The number of aliphatic carboxylic acids is 1. The molecule has 9 heteroatoms. The van der Waals surface area contributed by atoms with E-state index < -0.39 is 36.3 Å². The summed E-state index contributed by atoms with van der Waals surface area (Å²) in [4.78, 5) is 25.4. The number of aromatic nitrogens is 1. The molecule has 0 aliphatic rings. The first-order valence-electron chi connectivity index (χ1n) is 4.90. The number of hydrogen-bond donors (Lipinski definition) is 2. The average Bonchev–Trinajstić information content (AvgIpc) is 2.26. The molecule has 1 unspecified atom stereocenters. The van der Waals surface area contributed by atoms with Crippen molar-refractivity contribution >= 4 is 11.9 Å². The highest BCUT2D eigenvalue weighted by molar-refractivity contribution is 5.96. The molecule has 1 aromatic rings. The van der Waals surface area contributed by atoms with Gasteiger partial charge in [-0.15, -0.1) is 0 Å². The summed E-state index contributed by atoms with van der Waals surface area (Å²) in [5.41, 5.74) is -0.367. The van der Waals surface area contributed by atoms with Gasteiger partial charge in [-0.3, -0.25) is 9.78 Å². The molecule has 2 N–H and O–H groups in total. The van der Waals surface area contributed by atoms with Crippen molar-refractivity contribution in [3.05, 3.63) is 29.8 Å². The number of hydrogen-bond acceptors (Lipinski definition) is 3. The Morgan fingerprint density at radius 1 is 1.37 bits per heavy atom. The van der Waals surface area contributed by atoms with Gasteiger partial charge in [-0.2, -0.15) is 13.2 Å². The molecule has 0 bridgehead atoms. The Morgan fingerprint density at radius 2 is 2.00 bits per heavy atom. The topological polar surface area (TPSA) is 79.3 Å². The zero-order valence-corrected chi connectivity index (χ0v) is 9.24. The Hall–Kier alpha value is -2.19. The number of nitrogens with zero attached hydrogens (tertiary/aromatic N) is 1. The highest BCUT2D eigenvalue weighted by Crippen LogP contribution is 2.21. The SMILES string of the molecule is O=C(NC(CC(F)(F)F)C(=O)O)c1cncc(F)c1. The van der Waals surface area contributed by atoms with E-state index in [1.807, 2.05) is 0 Å². The average molecular weight is 280 g/mol. The molecule has 1 amide bonds. The first-order chi connectivity index (χ1) is 8.69. The van der Waals surface area contributed by atoms with E-state index in [1.165, 1.54) is 0 Å². The van der Waals surface area contributed by atoms with Crippen molar-refractivity contribution in [2.45, 2.75) is 18.6 Å². The number of carboxylic acids is 1. The number of alkyl halides is 3. The first kappa shape index (κ1) is 14.9. The molecule has 104 valence electrons. The standard InChI is InChI=1S/C10H8F4N2O3/c11-6-1-5(3-15-4-6)8(17)16-7(9(18)19)2-10(12,13)14/h1,3-4,7H,2H2,(H,16,17)(H,18,19). The Labute approximate surface area is 104 Å². The maximum atomic E-state index is 12.8. The van der Waals surface area contributed by atoms with E-state index in [0.29, 0.717) is 0 Å². The van der Waals surface area contributed by atoms with Crippen molar-refractivity contribution < 1.29 is 32.3 Å². The number of amides is 1. The summed E-state index contributed by atoms with van der Waals surface area (Å²) in [5, 5.41) is 10.2. The van der Waals surface area contributed by atoms with E-state index in [0.717, 1.165) is 18.5 Å². The molecule has 0 radical (unpaired) electrons. The molecule has 1 atom stereocenters. The summed E-state index contributed by atoms with van der Waals surface area (Å²) in [6, 6.07) is -1.41. The van der Waals surface area contributed by atoms with Crippen LogP contribution in [0.4, 0.5) is 17.6 Å². The van der Waals surface area contributed by atoms with Gasteiger partial charge >= 0.3 is 12.1 Å². The highest BCUT2D eigenvalue weighted by atomic mass is 19.4. The monoisotopic (exact) mass is 280 g/mol. The van der Waals surface area contributed by atoms with E-state index in [-0.39, 0.29) is 5.56 Å². The van der Waals surface area contributed by atoms with Gasteiger partial charge in [-0.25, -0.2) is 9.18 Å². The molecule has 0 saturated heterocycles. The van der Waals surface area contributed by atoms with Gasteiger partial charge in [-0.05, 0) is 6.07 Å². The van der Waals surface area contributed by atoms with Crippen molar-refractivity contribution in [1.82, 2.24) is 10.3 Å². The zero-order valence-electron chi connectivity index (χ0n) is 9.24. The summed E-state index contributed by atoms with van der Waals surface area (Å²) in [5.74, 6) is -3.85. The molecule has 0 spiro atoms. The van der Waals surface area contributed by atoms with Crippen LogP contribution >= 0.6 is 0 Å². The van der Waals surface area contributed by atoms with Crippen molar-refractivity contribution in [3.63, 3.8) is 0 Å². The largest absolute Gasteiger partial charge is 0.480 e. The van der Waals surface area contributed by atoms with Crippen LogP contribution in [0.2, 0.25) is 0 Å². The van der Waals surface area contributed by atoms with Crippen molar-refractivity contribution in [2.24, 2.45) is 0 Å². The minimum absolute atomic E-state index is 0.367. The van der Waals surface area contributed by atoms with Crippen LogP contribution in [0.25, 0.3) is 0 Å². The number of pyridine rings is 1. The number of carboxylic acid groups (broad SMARTS) is 1. The quantitative estimate of drug-likeness (QED) is 0.816. The minimum Gasteiger partial charge on any atom is -0.480 e. The van der Waals surface area contributed by atoms with Gasteiger partial charge in [-0.1, -0.05) is 0 Å². The lowest BCUT2D eigenvalue weighted by molar-refractivity contribution is -0.157. The van der Waals surface area contributed by atoms with Crippen molar-refractivity contribution in [2.75, 3.05) is 0 Å². The van der Waals surface area contributed by atoms with Crippen molar-refractivity contribution in [3.8, 4) is 0 Å². The van der Waals surface area contributed by atoms with Crippen molar-refractivity contribution in [1.29, 1.82) is 0 Å². The second kappa shape index (κ2) is 5.63. The summed E-state index contributed by atoms with van der Waals surface area (Å²) in [7, 11) is 0. The Bertz CT molecular complexity index is 490. The molecule has 0 fully saturated rings. The van der Waals surface area contributed by atoms with E-state index >= 15 is 0 Å². The fourth-order valence-electron chi connectivity index (χ4n) is 1.21. The number of carbonyl (C=O) groups excluding carboxylic acids is 1. The molecule has 0 aliphatic heterocycles. The first-order valence-corrected chi connectivity index (χ1v) is 4.90. The molecule has 0 aliphatic carbocycles. The molecular weight excluding hydrogens is 272 g/mol. The highest BCUT2D eigenvalue weighted by Gasteiger charge is 2.36. The van der Waals surface area contributed by atoms with E-state index in [2.05, 4.69) is 4.98 Å². The van der Waals surface area contributed by atoms with Crippen LogP contribution in [0.1, 0.15) is 16.8 Å². The van der Waals surface area contributed by atoms with E-state index in [4.69, 9.17) is 5.11 Å². The lowest BCUT2D eigenvalue weighted by Crippen LogP contribution is -2.43. The van der Waals surface area contributed by atoms with Gasteiger partial charge in [0.1, 0.15) is 11.9 Å². The fraction of sp³-hybridized carbons (Fsp3) is 0.300. The predicted octanol–water partition coefficient (Wildman–Crippen LogP) is 1.36. The number of rotatable bonds is 4. The van der Waals surface area contributed by atoms with Gasteiger partial charge in [0.15, 0.2) is 0 Å². The van der Waals surface area contributed by atoms with Crippen LogP contribution in [0.5, 0.6) is 0 Å². The van der Waals surface area contributed by atoms with Gasteiger partial charge in [0.2, 0.25) is 0 Å². The van der Waals surface area contributed by atoms with E-state index in [9.17, 15) is 27.2 Å². The number of nitrogens with one attached hydrogen (secondary N) is 1. The molecule has 5 nitrogen and oxygen atoms in total. The maximum Gasteiger partial charge on any atom is 0.391 e. The molecule has 1 aromatic heterocycles. The number of carbonyl (C=O) groups is 2. The third-order valence-corrected chi connectivity index (χ3v) is 2.01. The summed E-state index contributed by atoms with van der Waals surface area (Å²) in [6.45, 7) is 0. The van der Waals surface area contributed by atoms with Crippen LogP contribution < -0.4 is 5.32 Å². The van der Waals surface area contributed by atoms with Crippen LogP contribution in [0, 0.1) is 5.82 Å². The van der Waals surface area contributed by atoms with Crippen LogP contribution in [0.3, 0.4) is 0 Å². The smallest absolute Gasteiger partial charge is 0.391 e. The Kier molecular flexibility index (Phi) is 4.41. The summed E-state index contributed by atoms with van der Waals surface area (Å²) >= 11 is 0.